The van der Waals surface area contributed by atoms with E-state index in [1.54, 1.807) is 0 Å². The molecule has 2 N–H and O–H groups in total. The van der Waals surface area contributed by atoms with Crippen LogP contribution in [0.1, 0.15) is 25.7 Å². The third kappa shape index (κ3) is 3.83. The van der Waals surface area contributed by atoms with Gasteiger partial charge >= 0.3 is 0 Å². The average Bonchev–Trinajstić information content (AvgIpc) is 2.87. The zero-order valence-electron chi connectivity index (χ0n) is 10.6. The number of anilines is 1. The lowest BCUT2D eigenvalue weighted by Gasteiger charge is -2.22. The number of nitriles is 1. The van der Waals surface area contributed by atoms with Crippen molar-refractivity contribution in [3.63, 3.8) is 0 Å². The third-order valence-corrected chi connectivity index (χ3v) is 4.07. The summed E-state index contributed by atoms with van der Waals surface area (Å²) in [6.07, 6.45) is 3.55. The smallest absolute Gasteiger partial charge is 0.240 e. The number of nitrogens with one attached hydrogen (secondary N) is 2. The molecule has 1 fully saturated rings. The van der Waals surface area contributed by atoms with E-state index in [1.165, 1.54) is 0 Å². The normalized spacial score (nSPS) is 16.6. The topological polar surface area (TPSA) is 64.9 Å². The molecule has 0 heterocycles. The molecule has 0 aromatic heterocycles. The molecule has 0 unspecified atom stereocenters. The van der Waals surface area contributed by atoms with Crippen LogP contribution in [0.2, 0.25) is 0 Å². The molecule has 1 aliphatic rings. The maximum absolute atomic E-state index is 11.9. The van der Waals surface area contributed by atoms with Gasteiger partial charge in [-0.25, -0.2) is 0 Å². The summed E-state index contributed by atoms with van der Waals surface area (Å²) in [5.41, 5.74) is 0.276. The van der Waals surface area contributed by atoms with E-state index in [-0.39, 0.29) is 12.5 Å². The fraction of sp³-hybridized carbons (Fsp3) is 0.429. The minimum Gasteiger partial charge on any atom is -0.376 e. The zero-order chi connectivity index (χ0) is 13.7. The molecule has 0 saturated heterocycles. The molecule has 1 saturated carbocycles. The Morgan fingerprint density at radius 1 is 1.32 bits per heavy atom. The molecule has 0 spiro atoms. The Morgan fingerprint density at radius 2 is 1.95 bits per heavy atom. The molecule has 1 aliphatic carbocycles. The molecular formula is C14H16IN3O. The quantitative estimate of drug-likeness (QED) is 0.803. The number of nitrogens with zero attached hydrogens (tertiary/aromatic N) is 1. The van der Waals surface area contributed by atoms with Gasteiger partial charge in [-0.05, 0) is 72.5 Å². The second-order valence-electron chi connectivity index (χ2n) is 4.81. The fourth-order valence-corrected chi connectivity index (χ4v) is 2.66. The predicted molar refractivity (Wildman–Crippen MR) is 82.6 cm³/mol. The number of carbonyl (C=O) groups excluding carboxylic acids is 1. The van der Waals surface area contributed by atoms with Gasteiger partial charge in [-0.1, -0.05) is 0 Å². The molecule has 2 rings (SSSR count). The predicted octanol–water partition coefficient (Wildman–Crippen LogP) is 2.66. The van der Waals surface area contributed by atoms with Gasteiger partial charge < -0.3 is 10.6 Å². The molecule has 1 aromatic carbocycles. The first-order valence-corrected chi connectivity index (χ1v) is 7.43. The lowest BCUT2D eigenvalue weighted by atomic mass is 10.00. The zero-order valence-corrected chi connectivity index (χ0v) is 12.7. The van der Waals surface area contributed by atoms with Crippen LogP contribution >= 0.6 is 22.6 Å². The maximum atomic E-state index is 11.9. The molecule has 0 aliphatic heterocycles. The highest BCUT2D eigenvalue weighted by Gasteiger charge is 2.35. The first-order valence-electron chi connectivity index (χ1n) is 6.35. The summed E-state index contributed by atoms with van der Waals surface area (Å²) in [5.74, 6) is -0.123. The molecule has 0 bridgehead atoms. The van der Waals surface area contributed by atoms with Crippen LogP contribution in [0.3, 0.4) is 0 Å². The van der Waals surface area contributed by atoms with Gasteiger partial charge in [0, 0.05) is 9.26 Å². The summed E-state index contributed by atoms with van der Waals surface area (Å²) in [5, 5.41) is 15.1. The van der Waals surface area contributed by atoms with Crippen molar-refractivity contribution in [3.05, 3.63) is 27.8 Å². The van der Waals surface area contributed by atoms with E-state index in [9.17, 15) is 10.1 Å². The summed E-state index contributed by atoms with van der Waals surface area (Å²) in [6, 6.07) is 10.1. The molecule has 19 heavy (non-hydrogen) atoms. The van der Waals surface area contributed by atoms with E-state index in [0.717, 1.165) is 34.9 Å². The minimum atomic E-state index is -0.634. The standard InChI is InChI=1S/C14H16IN3O/c15-11-3-5-12(6-4-11)17-9-13(19)18-14(10-16)7-1-2-8-14/h3-6,17H,1-2,7-9H2,(H,18,19). The Kier molecular flexibility index (Phi) is 4.64. The summed E-state index contributed by atoms with van der Waals surface area (Å²) in [4.78, 5) is 11.9. The third-order valence-electron chi connectivity index (χ3n) is 3.35. The van der Waals surface area contributed by atoms with Crippen LogP contribution < -0.4 is 10.6 Å². The van der Waals surface area contributed by atoms with Gasteiger partial charge in [0.2, 0.25) is 5.91 Å². The Labute approximate surface area is 126 Å². The van der Waals surface area contributed by atoms with E-state index >= 15 is 0 Å². The van der Waals surface area contributed by atoms with E-state index < -0.39 is 5.54 Å². The Balaban J connectivity index is 1.85. The fourth-order valence-electron chi connectivity index (χ4n) is 2.30. The van der Waals surface area contributed by atoms with Crippen molar-refractivity contribution in [1.29, 1.82) is 5.26 Å². The molecule has 1 aromatic rings. The lowest BCUT2D eigenvalue weighted by molar-refractivity contribution is -0.120. The monoisotopic (exact) mass is 369 g/mol. The van der Waals surface area contributed by atoms with Crippen molar-refractivity contribution >= 4 is 34.2 Å². The molecule has 100 valence electrons. The molecule has 0 radical (unpaired) electrons. The highest BCUT2D eigenvalue weighted by Crippen LogP contribution is 2.28. The first kappa shape index (κ1) is 14.1. The van der Waals surface area contributed by atoms with Crippen molar-refractivity contribution in [3.8, 4) is 6.07 Å². The maximum Gasteiger partial charge on any atom is 0.240 e. The van der Waals surface area contributed by atoms with Gasteiger partial charge in [-0.2, -0.15) is 5.26 Å². The number of rotatable bonds is 4. The van der Waals surface area contributed by atoms with Gasteiger partial charge in [0.25, 0.3) is 0 Å². The largest absolute Gasteiger partial charge is 0.376 e. The van der Waals surface area contributed by atoms with Gasteiger partial charge in [-0.3, -0.25) is 4.79 Å². The van der Waals surface area contributed by atoms with Gasteiger partial charge in [-0.15, -0.1) is 0 Å². The molecule has 1 amide bonds. The lowest BCUT2D eigenvalue weighted by Crippen LogP contribution is -2.47. The Morgan fingerprint density at radius 3 is 2.53 bits per heavy atom. The van der Waals surface area contributed by atoms with Crippen LogP contribution in [0, 0.1) is 14.9 Å². The van der Waals surface area contributed by atoms with E-state index in [0.29, 0.717) is 0 Å². The molecule has 4 nitrogen and oxygen atoms in total. The number of hydrogen-bond donors (Lipinski definition) is 2. The van der Waals surface area contributed by atoms with Crippen molar-refractivity contribution in [1.82, 2.24) is 5.32 Å². The highest BCUT2D eigenvalue weighted by atomic mass is 127. The van der Waals surface area contributed by atoms with E-state index in [4.69, 9.17) is 0 Å². The van der Waals surface area contributed by atoms with Crippen LogP contribution in [0.5, 0.6) is 0 Å². The first-order chi connectivity index (χ1) is 9.13. The van der Waals surface area contributed by atoms with E-state index in [1.807, 2.05) is 24.3 Å². The number of hydrogen-bond acceptors (Lipinski definition) is 3. The van der Waals surface area contributed by atoms with Gasteiger partial charge in [0.1, 0.15) is 5.54 Å². The second kappa shape index (κ2) is 6.24. The van der Waals surface area contributed by atoms with Crippen LogP contribution in [-0.4, -0.2) is 18.0 Å². The Bertz CT molecular complexity index is 486. The Hall–Kier alpha value is -1.29. The van der Waals surface area contributed by atoms with Crippen molar-refractivity contribution in [2.75, 3.05) is 11.9 Å². The van der Waals surface area contributed by atoms with Gasteiger partial charge in [0.15, 0.2) is 0 Å². The number of benzene rings is 1. The number of halogens is 1. The van der Waals surface area contributed by atoms with Crippen LogP contribution in [0.15, 0.2) is 24.3 Å². The van der Waals surface area contributed by atoms with Crippen LogP contribution in [0.25, 0.3) is 0 Å². The van der Waals surface area contributed by atoms with Crippen molar-refractivity contribution in [2.24, 2.45) is 0 Å². The van der Waals surface area contributed by atoms with E-state index in [2.05, 4.69) is 39.3 Å². The minimum absolute atomic E-state index is 0.123. The van der Waals surface area contributed by atoms with Crippen molar-refractivity contribution in [2.45, 2.75) is 31.2 Å². The summed E-state index contributed by atoms with van der Waals surface area (Å²) < 4.78 is 1.15. The SMILES string of the molecule is N#CC1(NC(=O)CNc2ccc(I)cc2)CCCC1. The van der Waals surface area contributed by atoms with Crippen molar-refractivity contribution < 1.29 is 4.79 Å². The second-order valence-corrected chi connectivity index (χ2v) is 6.06. The number of carbonyl (C=O) groups is 1. The summed E-state index contributed by atoms with van der Waals surface area (Å²) in [7, 11) is 0. The van der Waals surface area contributed by atoms with Gasteiger partial charge in [0.05, 0.1) is 12.6 Å². The highest BCUT2D eigenvalue weighted by molar-refractivity contribution is 14.1. The summed E-state index contributed by atoms with van der Waals surface area (Å²) in [6.45, 7) is 0.198. The molecule has 5 heteroatoms. The average molecular weight is 369 g/mol. The number of amides is 1. The van der Waals surface area contributed by atoms with Crippen LogP contribution in [0.4, 0.5) is 5.69 Å². The van der Waals surface area contributed by atoms with Crippen LogP contribution in [-0.2, 0) is 4.79 Å². The molecular weight excluding hydrogens is 353 g/mol. The summed E-state index contributed by atoms with van der Waals surface area (Å²) >= 11 is 2.23. The molecule has 0 atom stereocenters.